The van der Waals surface area contributed by atoms with Crippen molar-refractivity contribution in [2.45, 2.75) is 52.2 Å². The number of hydrogen-bond acceptors (Lipinski definition) is 5. The van der Waals surface area contributed by atoms with E-state index in [1.54, 1.807) is 7.11 Å². The molecule has 1 heterocycles. The summed E-state index contributed by atoms with van der Waals surface area (Å²) in [4.78, 5) is 11.1. The summed E-state index contributed by atoms with van der Waals surface area (Å²) in [6.45, 7) is 10.5. The smallest absolute Gasteiger partial charge is 0.468 e. The van der Waals surface area contributed by atoms with Gasteiger partial charge in [0.05, 0.1) is 11.2 Å². The maximum Gasteiger partial charge on any atom is 0.491 e. The second-order valence-corrected chi connectivity index (χ2v) is 8.66. The van der Waals surface area contributed by atoms with E-state index in [1.165, 1.54) is 0 Å². The van der Waals surface area contributed by atoms with Gasteiger partial charge in [0.25, 0.3) is 0 Å². The fourth-order valence-electron chi connectivity index (χ4n) is 3.56. The molecule has 0 atom stereocenters. The van der Waals surface area contributed by atoms with Gasteiger partial charge in [0.1, 0.15) is 12.0 Å². The summed E-state index contributed by atoms with van der Waals surface area (Å²) in [5.74, 6) is 0.731. The Morgan fingerprint density at radius 1 is 0.935 bits per heavy atom. The van der Waals surface area contributed by atoms with Crippen LogP contribution in [0.5, 0.6) is 5.75 Å². The van der Waals surface area contributed by atoms with Crippen molar-refractivity contribution in [3.8, 4) is 5.75 Å². The first-order valence-electron chi connectivity index (χ1n) is 10.6. The lowest BCUT2D eigenvalue weighted by Crippen LogP contribution is -2.41. The first-order chi connectivity index (χ1) is 14.7. The molecule has 5 nitrogen and oxygen atoms in total. The molecule has 0 radical (unpaired) electrons. The number of aldehydes is 1. The van der Waals surface area contributed by atoms with Gasteiger partial charge in [0.15, 0.2) is 6.79 Å². The lowest BCUT2D eigenvalue weighted by molar-refractivity contribution is 0.00578. The summed E-state index contributed by atoms with van der Waals surface area (Å²) in [6.07, 6.45) is 1.60. The first-order valence-corrected chi connectivity index (χ1v) is 10.6. The largest absolute Gasteiger partial charge is 0.491 e. The highest BCUT2D eigenvalue weighted by atomic mass is 16.7. The zero-order chi connectivity index (χ0) is 22.6. The zero-order valence-corrected chi connectivity index (χ0v) is 19.2. The molecule has 1 aliphatic rings. The highest BCUT2D eigenvalue weighted by molar-refractivity contribution is 6.56. The Bertz CT molecular complexity index is 913. The summed E-state index contributed by atoms with van der Waals surface area (Å²) in [6, 6.07) is 15.5. The van der Waals surface area contributed by atoms with Crippen LogP contribution in [0.1, 0.15) is 62.5 Å². The minimum atomic E-state index is -0.458. The fourth-order valence-corrected chi connectivity index (χ4v) is 3.56. The van der Waals surface area contributed by atoms with Crippen LogP contribution in [0.4, 0.5) is 0 Å². The van der Waals surface area contributed by atoms with Crippen LogP contribution in [0.15, 0.2) is 54.0 Å². The molecule has 2 aromatic carbocycles. The monoisotopic (exact) mass is 422 g/mol. The van der Waals surface area contributed by atoms with Gasteiger partial charge in [-0.05, 0) is 68.4 Å². The van der Waals surface area contributed by atoms with E-state index >= 15 is 0 Å². The fraction of sp³-hybridized carbons (Fsp3) is 0.400. The molecule has 6 heteroatoms. The number of carbonyl (C=O) groups excluding carboxylic acids is 1. The quantitative estimate of drug-likeness (QED) is 0.327. The van der Waals surface area contributed by atoms with E-state index in [2.05, 4.69) is 34.6 Å². The average molecular weight is 422 g/mol. The van der Waals surface area contributed by atoms with Crippen LogP contribution >= 0.6 is 0 Å². The molecule has 1 saturated heterocycles. The van der Waals surface area contributed by atoms with Gasteiger partial charge in [0, 0.05) is 12.7 Å². The van der Waals surface area contributed by atoms with Crippen LogP contribution in [-0.4, -0.2) is 38.5 Å². The molecular weight excluding hydrogens is 391 g/mol. The molecule has 0 N–H and O–H groups in total. The molecule has 0 aliphatic carbocycles. The molecule has 2 aromatic rings. The van der Waals surface area contributed by atoms with Gasteiger partial charge in [-0.15, -0.1) is 0 Å². The minimum absolute atomic E-state index is 0.198. The molecule has 1 aliphatic heterocycles. The van der Waals surface area contributed by atoms with Gasteiger partial charge >= 0.3 is 7.12 Å². The van der Waals surface area contributed by atoms with Crippen molar-refractivity contribution in [2.24, 2.45) is 0 Å². The highest BCUT2D eigenvalue weighted by Crippen LogP contribution is 2.42. The van der Waals surface area contributed by atoms with E-state index in [4.69, 9.17) is 18.8 Å². The second kappa shape index (κ2) is 9.39. The van der Waals surface area contributed by atoms with E-state index in [1.807, 2.05) is 48.5 Å². The van der Waals surface area contributed by atoms with Gasteiger partial charge in [-0.3, -0.25) is 4.79 Å². The van der Waals surface area contributed by atoms with Crippen LogP contribution in [-0.2, 0) is 14.0 Å². The number of hydrogen-bond donors (Lipinski definition) is 0. The van der Waals surface area contributed by atoms with Crippen LogP contribution in [0.3, 0.4) is 0 Å². The van der Waals surface area contributed by atoms with E-state index < -0.39 is 18.3 Å². The SMILES string of the molecule is CC/C(B1OC(C)(C)C(C)(C)O1)=C(/c1ccc(C=O)cc1)c1ccc(OCOC)cc1. The number of carbonyl (C=O) groups is 1. The van der Waals surface area contributed by atoms with Crippen molar-refractivity contribution >= 4 is 19.0 Å². The maximum atomic E-state index is 11.1. The van der Waals surface area contributed by atoms with Gasteiger partial charge in [-0.2, -0.15) is 0 Å². The van der Waals surface area contributed by atoms with Crippen molar-refractivity contribution in [3.05, 3.63) is 70.7 Å². The lowest BCUT2D eigenvalue weighted by Gasteiger charge is -2.32. The minimum Gasteiger partial charge on any atom is -0.468 e. The normalized spacial score (nSPS) is 17.9. The Morgan fingerprint density at radius 2 is 1.45 bits per heavy atom. The molecule has 0 aromatic heterocycles. The Morgan fingerprint density at radius 3 is 1.90 bits per heavy atom. The van der Waals surface area contributed by atoms with Crippen LogP contribution < -0.4 is 4.74 Å². The molecule has 0 spiro atoms. The number of ether oxygens (including phenoxy) is 2. The predicted molar refractivity (Wildman–Crippen MR) is 123 cm³/mol. The third-order valence-electron chi connectivity index (χ3n) is 6.06. The van der Waals surface area contributed by atoms with E-state index in [-0.39, 0.29) is 6.79 Å². The summed E-state index contributed by atoms with van der Waals surface area (Å²) < 4.78 is 23.3. The number of allylic oxidation sites excluding steroid dienone is 1. The van der Waals surface area contributed by atoms with Crippen LogP contribution in [0, 0.1) is 0 Å². The molecule has 1 fully saturated rings. The molecule has 3 rings (SSSR count). The number of rotatable bonds is 8. The maximum absolute atomic E-state index is 11.1. The Hall–Kier alpha value is -2.41. The number of methoxy groups -OCH3 is 1. The summed E-state index contributed by atoms with van der Waals surface area (Å²) in [5, 5.41) is 0. The molecule has 0 saturated carbocycles. The average Bonchev–Trinajstić information content (AvgIpc) is 2.97. The van der Waals surface area contributed by atoms with E-state index in [0.29, 0.717) is 5.56 Å². The van der Waals surface area contributed by atoms with E-state index in [9.17, 15) is 4.79 Å². The van der Waals surface area contributed by atoms with E-state index in [0.717, 1.165) is 40.6 Å². The van der Waals surface area contributed by atoms with Crippen LogP contribution in [0.25, 0.3) is 5.57 Å². The third kappa shape index (κ3) is 4.92. The van der Waals surface area contributed by atoms with Gasteiger partial charge in [-0.1, -0.05) is 43.3 Å². The lowest BCUT2D eigenvalue weighted by atomic mass is 9.71. The molecule has 0 unspecified atom stereocenters. The van der Waals surface area contributed by atoms with Crippen molar-refractivity contribution < 1.29 is 23.6 Å². The zero-order valence-electron chi connectivity index (χ0n) is 19.2. The number of benzene rings is 2. The van der Waals surface area contributed by atoms with Crippen LogP contribution in [0.2, 0.25) is 0 Å². The van der Waals surface area contributed by atoms with Gasteiger partial charge in [0.2, 0.25) is 0 Å². The van der Waals surface area contributed by atoms with Gasteiger partial charge < -0.3 is 18.8 Å². The first kappa shape index (κ1) is 23.3. The Kier molecular flexibility index (Phi) is 7.05. The Balaban J connectivity index is 2.10. The van der Waals surface area contributed by atoms with Crippen molar-refractivity contribution in [3.63, 3.8) is 0 Å². The van der Waals surface area contributed by atoms with Crippen molar-refractivity contribution in [1.82, 2.24) is 0 Å². The molecule has 31 heavy (non-hydrogen) atoms. The third-order valence-corrected chi connectivity index (χ3v) is 6.06. The molecule has 164 valence electrons. The molecule has 0 amide bonds. The van der Waals surface area contributed by atoms with Crippen molar-refractivity contribution in [1.29, 1.82) is 0 Å². The summed E-state index contributed by atoms with van der Waals surface area (Å²) in [5.41, 5.74) is 3.91. The summed E-state index contributed by atoms with van der Waals surface area (Å²) in [7, 11) is 1.14. The highest BCUT2D eigenvalue weighted by Gasteiger charge is 2.52. The molecule has 0 bridgehead atoms. The topological polar surface area (TPSA) is 54.0 Å². The van der Waals surface area contributed by atoms with Gasteiger partial charge in [-0.25, -0.2) is 0 Å². The van der Waals surface area contributed by atoms with Crippen molar-refractivity contribution in [2.75, 3.05) is 13.9 Å². The molecular formula is C25H31BO5. The summed E-state index contributed by atoms with van der Waals surface area (Å²) >= 11 is 0. The standard InChI is InChI=1S/C25H31BO5/c1-7-22(26-30-24(2,3)25(4,5)31-26)23(19-10-8-18(16-27)9-11-19)20-12-14-21(15-13-20)29-17-28-6/h8-16H,7,17H2,1-6H3/b23-22+. The second-order valence-electron chi connectivity index (χ2n) is 8.66. The predicted octanol–water partition coefficient (Wildman–Crippen LogP) is 5.33. The Labute approximate surface area is 185 Å².